The van der Waals surface area contributed by atoms with Crippen LogP contribution in [0.25, 0.3) is 11.1 Å². The van der Waals surface area contributed by atoms with Crippen LogP contribution in [-0.4, -0.2) is 30.1 Å². The van der Waals surface area contributed by atoms with E-state index in [4.69, 9.17) is 9.84 Å². The Hall–Kier alpha value is -2.82. The van der Waals surface area contributed by atoms with Gasteiger partial charge in [0.25, 0.3) is 5.91 Å². The number of ether oxygens (including phenoxy) is 1. The summed E-state index contributed by atoms with van der Waals surface area (Å²) in [7, 11) is 0. The molecule has 0 atom stereocenters. The molecular weight excluding hydrogens is 282 g/mol. The van der Waals surface area contributed by atoms with E-state index in [0.717, 1.165) is 11.1 Å². The SMILES string of the molecule is O=C(O)CCNC(=O)COc1ccc(-c2ccccc2)cc1. The van der Waals surface area contributed by atoms with Crippen molar-refractivity contribution in [3.05, 3.63) is 54.6 Å². The Labute approximate surface area is 128 Å². The minimum Gasteiger partial charge on any atom is -0.484 e. The van der Waals surface area contributed by atoms with Crippen LogP contribution in [0, 0.1) is 0 Å². The number of carbonyl (C=O) groups excluding carboxylic acids is 1. The van der Waals surface area contributed by atoms with Crippen LogP contribution in [0.2, 0.25) is 0 Å². The lowest BCUT2D eigenvalue weighted by Crippen LogP contribution is -2.30. The smallest absolute Gasteiger partial charge is 0.305 e. The summed E-state index contributed by atoms with van der Waals surface area (Å²) in [5.74, 6) is -0.695. The second kappa shape index (κ2) is 7.83. The lowest BCUT2D eigenvalue weighted by Gasteiger charge is -2.08. The molecule has 1 amide bonds. The lowest BCUT2D eigenvalue weighted by molar-refractivity contribution is -0.137. The van der Waals surface area contributed by atoms with Crippen LogP contribution < -0.4 is 10.1 Å². The first-order valence-corrected chi connectivity index (χ1v) is 6.92. The number of hydrogen-bond acceptors (Lipinski definition) is 3. The molecule has 0 fully saturated rings. The molecule has 2 rings (SSSR count). The predicted molar refractivity (Wildman–Crippen MR) is 82.6 cm³/mol. The molecule has 0 bridgehead atoms. The van der Waals surface area contributed by atoms with E-state index in [1.807, 2.05) is 42.5 Å². The van der Waals surface area contributed by atoms with E-state index in [2.05, 4.69) is 5.32 Å². The Bertz CT molecular complexity index is 623. The van der Waals surface area contributed by atoms with E-state index >= 15 is 0 Å². The molecule has 114 valence electrons. The van der Waals surface area contributed by atoms with Crippen molar-refractivity contribution >= 4 is 11.9 Å². The second-order valence-corrected chi connectivity index (χ2v) is 4.67. The fourth-order valence-electron chi connectivity index (χ4n) is 1.88. The Morgan fingerprint density at radius 1 is 0.955 bits per heavy atom. The van der Waals surface area contributed by atoms with Gasteiger partial charge in [-0.05, 0) is 23.3 Å². The molecule has 0 aliphatic heterocycles. The number of benzene rings is 2. The van der Waals surface area contributed by atoms with Crippen molar-refractivity contribution in [1.29, 1.82) is 0 Å². The van der Waals surface area contributed by atoms with Gasteiger partial charge < -0.3 is 15.2 Å². The van der Waals surface area contributed by atoms with Crippen LogP contribution >= 0.6 is 0 Å². The Kier molecular flexibility index (Phi) is 5.54. The highest BCUT2D eigenvalue weighted by molar-refractivity contribution is 5.78. The minimum atomic E-state index is -0.947. The molecule has 2 aromatic rings. The second-order valence-electron chi connectivity index (χ2n) is 4.67. The number of carboxylic acid groups (broad SMARTS) is 1. The molecule has 5 nitrogen and oxygen atoms in total. The maximum absolute atomic E-state index is 11.5. The highest BCUT2D eigenvalue weighted by Crippen LogP contribution is 2.21. The first-order valence-electron chi connectivity index (χ1n) is 6.92. The van der Waals surface area contributed by atoms with Crippen molar-refractivity contribution in [3.63, 3.8) is 0 Å². The van der Waals surface area contributed by atoms with Crippen LogP contribution in [0.3, 0.4) is 0 Å². The third-order valence-corrected chi connectivity index (χ3v) is 2.99. The Balaban J connectivity index is 1.82. The minimum absolute atomic E-state index is 0.0997. The summed E-state index contributed by atoms with van der Waals surface area (Å²) in [6.07, 6.45) is -0.0997. The maximum atomic E-state index is 11.5. The van der Waals surface area contributed by atoms with Crippen molar-refractivity contribution in [2.24, 2.45) is 0 Å². The molecule has 0 radical (unpaired) electrons. The van der Waals surface area contributed by atoms with Gasteiger partial charge in [0.1, 0.15) is 5.75 Å². The first-order chi connectivity index (χ1) is 10.6. The molecule has 0 saturated heterocycles. The first kappa shape index (κ1) is 15.6. The normalized spacial score (nSPS) is 10.0. The molecule has 0 aliphatic carbocycles. The van der Waals surface area contributed by atoms with Gasteiger partial charge in [0.15, 0.2) is 6.61 Å². The standard InChI is InChI=1S/C17H17NO4/c19-16(18-11-10-17(20)21)12-22-15-8-6-14(7-9-15)13-4-2-1-3-5-13/h1-9H,10-12H2,(H,18,19)(H,20,21). The molecule has 0 heterocycles. The van der Waals surface area contributed by atoms with Gasteiger partial charge in [0.2, 0.25) is 0 Å². The van der Waals surface area contributed by atoms with Crippen molar-refractivity contribution in [3.8, 4) is 16.9 Å². The van der Waals surface area contributed by atoms with Crippen LogP contribution in [0.4, 0.5) is 0 Å². The van der Waals surface area contributed by atoms with Gasteiger partial charge in [0.05, 0.1) is 6.42 Å². The fraction of sp³-hybridized carbons (Fsp3) is 0.176. The van der Waals surface area contributed by atoms with Gasteiger partial charge in [-0.1, -0.05) is 42.5 Å². The van der Waals surface area contributed by atoms with E-state index in [1.54, 1.807) is 12.1 Å². The third kappa shape index (κ3) is 4.94. The van der Waals surface area contributed by atoms with E-state index in [-0.39, 0.29) is 25.5 Å². The highest BCUT2D eigenvalue weighted by atomic mass is 16.5. The summed E-state index contributed by atoms with van der Waals surface area (Å²) >= 11 is 0. The Morgan fingerprint density at radius 2 is 1.59 bits per heavy atom. The Morgan fingerprint density at radius 3 is 2.23 bits per heavy atom. The molecule has 0 spiro atoms. The van der Waals surface area contributed by atoms with Gasteiger partial charge in [-0.2, -0.15) is 0 Å². The van der Waals surface area contributed by atoms with E-state index in [1.165, 1.54) is 0 Å². The number of rotatable bonds is 7. The quantitative estimate of drug-likeness (QED) is 0.822. The van der Waals surface area contributed by atoms with Gasteiger partial charge in [0, 0.05) is 6.54 Å². The van der Waals surface area contributed by atoms with Crippen molar-refractivity contribution in [2.45, 2.75) is 6.42 Å². The van der Waals surface area contributed by atoms with Crippen LogP contribution in [-0.2, 0) is 9.59 Å². The summed E-state index contributed by atoms with van der Waals surface area (Å²) in [4.78, 5) is 21.8. The van der Waals surface area contributed by atoms with Gasteiger partial charge in [-0.15, -0.1) is 0 Å². The number of carboxylic acids is 1. The maximum Gasteiger partial charge on any atom is 0.305 e. The zero-order chi connectivity index (χ0) is 15.8. The average Bonchev–Trinajstić information content (AvgIpc) is 2.54. The van der Waals surface area contributed by atoms with Crippen LogP contribution in [0.1, 0.15) is 6.42 Å². The molecule has 2 N–H and O–H groups in total. The molecule has 0 unspecified atom stereocenters. The largest absolute Gasteiger partial charge is 0.484 e. The third-order valence-electron chi connectivity index (χ3n) is 2.99. The van der Waals surface area contributed by atoms with E-state index in [9.17, 15) is 9.59 Å². The summed E-state index contributed by atoms with van der Waals surface area (Å²) in [6, 6.07) is 17.4. The van der Waals surface area contributed by atoms with E-state index < -0.39 is 5.97 Å². The average molecular weight is 299 g/mol. The summed E-state index contributed by atoms with van der Waals surface area (Å²) in [5, 5.41) is 10.9. The van der Waals surface area contributed by atoms with Gasteiger partial charge in [-0.25, -0.2) is 0 Å². The van der Waals surface area contributed by atoms with Crippen LogP contribution in [0.15, 0.2) is 54.6 Å². The summed E-state index contributed by atoms with van der Waals surface area (Å²) < 4.78 is 5.36. The topological polar surface area (TPSA) is 75.6 Å². The lowest BCUT2D eigenvalue weighted by atomic mass is 10.1. The van der Waals surface area contributed by atoms with Crippen molar-refractivity contribution in [1.82, 2.24) is 5.32 Å². The van der Waals surface area contributed by atoms with E-state index in [0.29, 0.717) is 5.75 Å². The summed E-state index contributed by atoms with van der Waals surface area (Å²) in [6.45, 7) is -0.0330. The number of amides is 1. The predicted octanol–water partition coefficient (Wildman–Crippen LogP) is 2.32. The molecular formula is C17H17NO4. The highest BCUT2D eigenvalue weighted by Gasteiger charge is 2.04. The zero-order valence-electron chi connectivity index (χ0n) is 12.0. The van der Waals surface area contributed by atoms with Gasteiger partial charge >= 0.3 is 5.97 Å². The number of carbonyl (C=O) groups is 2. The monoisotopic (exact) mass is 299 g/mol. The molecule has 2 aromatic carbocycles. The number of hydrogen-bond donors (Lipinski definition) is 2. The molecule has 5 heteroatoms. The molecule has 0 aliphatic rings. The fourth-order valence-corrected chi connectivity index (χ4v) is 1.88. The zero-order valence-corrected chi connectivity index (χ0v) is 12.0. The molecule has 0 saturated carbocycles. The summed E-state index contributed by atoms with van der Waals surface area (Å²) in [5.41, 5.74) is 2.18. The number of nitrogens with one attached hydrogen (secondary N) is 1. The molecule has 22 heavy (non-hydrogen) atoms. The van der Waals surface area contributed by atoms with Gasteiger partial charge in [-0.3, -0.25) is 9.59 Å². The van der Waals surface area contributed by atoms with Crippen LogP contribution in [0.5, 0.6) is 5.75 Å². The van der Waals surface area contributed by atoms with Crippen molar-refractivity contribution < 1.29 is 19.4 Å². The van der Waals surface area contributed by atoms with Crippen molar-refractivity contribution in [2.75, 3.05) is 13.2 Å². The number of aliphatic carboxylic acids is 1. The molecule has 0 aromatic heterocycles.